The molecule has 4 aromatic rings. The summed E-state index contributed by atoms with van der Waals surface area (Å²) in [5.74, 6) is 0. The number of anilines is 3. The van der Waals surface area contributed by atoms with Crippen LogP contribution in [0.2, 0.25) is 5.02 Å². The van der Waals surface area contributed by atoms with Gasteiger partial charge < -0.3 is 11.1 Å². The summed E-state index contributed by atoms with van der Waals surface area (Å²) >= 11 is 5.98. The van der Waals surface area contributed by atoms with E-state index in [0.29, 0.717) is 10.7 Å². The van der Waals surface area contributed by atoms with Crippen molar-refractivity contribution >= 4 is 39.6 Å². The molecule has 0 aliphatic heterocycles. The van der Waals surface area contributed by atoms with E-state index < -0.39 is 0 Å². The van der Waals surface area contributed by atoms with Gasteiger partial charge in [0.2, 0.25) is 0 Å². The lowest BCUT2D eigenvalue weighted by molar-refractivity contribution is 1.39. The molecule has 0 saturated heterocycles. The minimum Gasteiger partial charge on any atom is -0.399 e. The molecule has 4 heteroatoms. The van der Waals surface area contributed by atoms with Crippen LogP contribution in [0, 0.1) is 0 Å². The third kappa shape index (κ3) is 3.28. The number of rotatable bonds is 3. The molecule has 0 amide bonds. The zero-order valence-corrected chi connectivity index (χ0v) is 14.2. The molecular formula is C21H16ClN3. The number of nitrogens with one attached hydrogen (secondary N) is 1. The first-order valence-corrected chi connectivity index (χ1v) is 8.35. The Bertz CT molecular complexity index is 1030. The van der Waals surface area contributed by atoms with Gasteiger partial charge >= 0.3 is 0 Å². The molecule has 0 spiro atoms. The molecule has 0 radical (unpaired) electrons. The second-order valence-corrected chi connectivity index (χ2v) is 6.27. The Morgan fingerprint density at radius 3 is 2.36 bits per heavy atom. The van der Waals surface area contributed by atoms with E-state index in [1.165, 1.54) is 0 Å². The van der Waals surface area contributed by atoms with Crippen molar-refractivity contribution < 1.29 is 0 Å². The average molecular weight is 346 g/mol. The van der Waals surface area contributed by atoms with Gasteiger partial charge in [-0.3, -0.25) is 0 Å². The first-order chi connectivity index (χ1) is 12.2. The molecule has 0 aliphatic rings. The lowest BCUT2D eigenvalue weighted by Crippen LogP contribution is -1.96. The second kappa shape index (κ2) is 6.46. The zero-order chi connectivity index (χ0) is 17.2. The van der Waals surface area contributed by atoms with Gasteiger partial charge in [-0.25, -0.2) is 4.98 Å². The summed E-state index contributed by atoms with van der Waals surface area (Å²) in [6.07, 6.45) is 0. The van der Waals surface area contributed by atoms with E-state index in [1.54, 1.807) is 0 Å². The molecule has 0 fully saturated rings. The molecule has 0 saturated carbocycles. The average Bonchev–Trinajstić information content (AvgIpc) is 2.64. The van der Waals surface area contributed by atoms with Gasteiger partial charge in [-0.2, -0.15) is 0 Å². The first-order valence-electron chi connectivity index (χ1n) is 7.97. The van der Waals surface area contributed by atoms with E-state index >= 15 is 0 Å². The zero-order valence-electron chi connectivity index (χ0n) is 13.4. The van der Waals surface area contributed by atoms with Crippen LogP contribution in [0.5, 0.6) is 0 Å². The monoisotopic (exact) mass is 345 g/mol. The van der Waals surface area contributed by atoms with Gasteiger partial charge in [0, 0.05) is 27.3 Å². The van der Waals surface area contributed by atoms with Crippen LogP contribution in [0.1, 0.15) is 0 Å². The number of aromatic nitrogens is 1. The van der Waals surface area contributed by atoms with Gasteiger partial charge in [-0.15, -0.1) is 0 Å². The summed E-state index contributed by atoms with van der Waals surface area (Å²) in [7, 11) is 0. The number of nitrogen functional groups attached to an aromatic ring is 1. The van der Waals surface area contributed by atoms with Crippen LogP contribution >= 0.6 is 11.6 Å². The third-order valence-electron chi connectivity index (χ3n) is 4.03. The van der Waals surface area contributed by atoms with Crippen molar-refractivity contribution in [3.05, 3.63) is 83.9 Å². The molecule has 122 valence electrons. The van der Waals surface area contributed by atoms with Gasteiger partial charge in [0.15, 0.2) is 0 Å². The molecule has 25 heavy (non-hydrogen) atoms. The number of pyridine rings is 1. The molecule has 0 aliphatic carbocycles. The van der Waals surface area contributed by atoms with Crippen molar-refractivity contribution in [3.8, 4) is 11.3 Å². The number of halogens is 1. The van der Waals surface area contributed by atoms with Crippen LogP contribution in [-0.4, -0.2) is 4.98 Å². The number of fused-ring (bicyclic) bond motifs is 1. The van der Waals surface area contributed by atoms with Crippen molar-refractivity contribution in [3.63, 3.8) is 0 Å². The van der Waals surface area contributed by atoms with Crippen LogP contribution in [0.4, 0.5) is 17.1 Å². The predicted molar refractivity (Wildman–Crippen MR) is 106 cm³/mol. The van der Waals surface area contributed by atoms with Crippen molar-refractivity contribution in [2.75, 3.05) is 11.1 Å². The molecule has 1 aromatic heterocycles. The number of benzene rings is 3. The Morgan fingerprint density at radius 2 is 1.60 bits per heavy atom. The highest BCUT2D eigenvalue weighted by Crippen LogP contribution is 2.31. The van der Waals surface area contributed by atoms with E-state index in [0.717, 1.165) is 33.5 Å². The number of hydrogen-bond acceptors (Lipinski definition) is 3. The van der Waals surface area contributed by atoms with Gasteiger partial charge in [0.1, 0.15) is 0 Å². The Labute approximate surface area is 151 Å². The largest absolute Gasteiger partial charge is 0.399 e. The highest BCUT2D eigenvalue weighted by atomic mass is 35.5. The summed E-state index contributed by atoms with van der Waals surface area (Å²) in [5.41, 5.74) is 11.5. The fourth-order valence-electron chi connectivity index (χ4n) is 2.79. The maximum atomic E-state index is 5.98. The minimum absolute atomic E-state index is 0.708. The van der Waals surface area contributed by atoms with Gasteiger partial charge in [0.25, 0.3) is 0 Å². The Balaban J connectivity index is 1.87. The molecule has 0 unspecified atom stereocenters. The summed E-state index contributed by atoms with van der Waals surface area (Å²) < 4.78 is 0. The molecule has 4 rings (SSSR count). The molecule has 3 aromatic carbocycles. The number of hydrogen-bond donors (Lipinski definition) is 2. The molecular weight excluding hydrogens is 330 g/mol. The van der Waals surface area contributed by atoms with Gasteiger partial charge in [-0.05, 0) is 48.5 Å². The first kappa shape index (κ1) is 15.5. The van der Waals surface area contributed by atoms with Crippen molar-refractivity contribution in [2.45, 2.75) is 0 Å². The summed E-state index contributed by atoms with van der Waals surface area (Å²) in [6.45, 7) is 0. The maximum absolute atomic E-state index is 5.98. The van der Waals surface area contributed by atoms with Crippen molar-refractivity contribution in [1.82, 2.24) is 4.98 Å². The quantitative estimate of drug-likeness (QED) is 0.456. The van der Waals surface area contributed by atoms with E-state index in [-0.39, 0.29) is 0 Å². The van der Waals surface area contributed by atoms with Crippen LogP contribution < -0.4 is 11.1 Å². The molecule has 0 atom stereocenters. The molecule has 3 nitrogen and oxygen atoms in total. The minimum atomic E-state index is 0.708. The molecule has 1 heterocycles. The van der Waals surface area contributed by atoms with E-state index in [1.807, 2.05) is 66.7 Å². The molecule has 3 N–H and O–H groups in total. The Morgan fingerprint density at radius 1 is 0.840 bits per heavy atom. The summed E-state index contributed by atoms with van der Waals surface area (Å²) in [6, 6.07) is 25.5. The maximum Gasteiger partial charge on any atom is 0.0731 e. The summed E-state index contributed by atoms with van der Waals surface area (Å²) in [5, 5.41) is 5.15. The highest BCUT2D eigenvalue weighted by molar-refractivity contribution is 6.30. The lowest BCUT2D eigenvalue weighted by atomic mass is 10.1. The van der Waals surface area contributed by atoms with E-state index in [4.69, 9.17) is 22.3 Å². The summed E-state index contributed by atoms with van der Waals surface area (Å²) in [4.78, 5) is 4.79. The topological polar surface area (TPSA) is 50.9 Å². The van der Waals surface area contributed by atoms with Crippen LogP contribution in [0.25, 0.3) is 22.2 Å². The van der Waals surface area contributed by atoms with Crippen LogP contribution in [-0.2, 0) is 0 Å². The van der Waals surface area contributed by atoms with Crippen LogP contribution in [0.3, 0.4) is 0 Å². The standard InChI is InChI=1S/C21H16ClN3/c22-15-6-9-17(10-7-15)24-21-13-20(14-4-2-1-3-5-14)25-19-11-8-16(23)12-18(19)21/h1-13H,23H2,(H,24,25). The second-order valence-electron chi connectivity index (χ2n) is 5.83. The van der Waals surface area contributed by atoms with Crippen LogP contribution in [0.15, 0.2) is 78.9 Å². The lowest BCUT2D eigenvalue weighted by Gasteiger charge is -2.13. The van der Waals surface area contributed by atoms with Gasteiger partial charge in [0.05, 0.1) is 16.9 Å². The fraction of sp³-hybridized carbons (Fsp3) is 0. The predicted octanol–water partition coefficient (Wildman–Crippen LogP) is 5.88. The third-order valence-corrected chi connectivity index (χ3v) is 4.28. The Hall–Kier alpha value is -3.04. The van der Waals surface area contributed by atoms with Crippen molar-refractivity contribution in [1.29, 1.82) is 0 Å². The molecule has 0 bridgehead atoms. The van der Waals surface area contributed by atoms with E-state index in [9.17, 15) is 0 Å². The normalized spacial score (nSPS) is 10.8. The Kier molecular flexibility index (Phi) is 4.00. The van der Waals surface area contributed by atoms with E-state index in [2.05, 4.69) is 17.4 Å². The van der Waals surface area contributed by atoms with Gasteiger partial charge in [-0.1, -0.05) is 41.9 Å². The SMILES string of the molecule is Nc1ccc2nc(-c3ccccc3)cc(Nc3ccc(Cl)cc3)c2c1. The smallest absolute Gasteiger partial charge is 0.0731 e. The fourth-order valence-corrected chi connectivity index (χ4v) is 2.92. The van der Waals surface area contributed by atoms with Crippen molar-refractivity contribution in [2.24, 2.45) is 0 Å². The number of nitrogens with two attached hydrogens (primary N) is 1. The number of nitrogens with zero attached hydrogens (tertiary/aromatic N) is 1. The highest BCUT2D eigenvalue weighted by Gasteiger charge is 2.08.